The normalized spacial score (nSPS) is 13.0. The largest absolute Gasteiger partial charge is 0.367 e. The lowest BCUT2D eigenvalue weighted by Gasteiger charge is -2.13. The van der Waals surface area contributed by atoms with Crippen molar-refractivity contribution in [1.29, 1.82) is 0 Å². The molecule has 2 rings (SSSR count). The molecule has 2 aromatic heterocycles. The third-order valence-electron chi connectivity index (χ3n) is 2.23. The Labute approximate surface area is 92.5 Å². The van der Waals surface area contributed by atoms with Gasteiger partial charge < -0.3 is 5.32 Å². The van der Waals surface area contributed by atoms with Gasteiger partial charge in [-0.05, 0) is 13.3 Å². The Kier molecular flexibility index (Phi) is 2.73. The second kappa shape index (κ2) is 4.02. The fourth-order valence-corrected chi connectivity index (χ4v) is 1.42. The lowest BCUT2D eigenvalue weighted by atomic mass is 10.2. The van der Waals surface area contributed by atoms with Crippen molar-refractivity contribution in [1.82, 2.24) is 19.6 Å². The fourth-order valence-electron chi connectivity index (χ4n) is 1.24. The van der Waals surface area contributed by atoms with Crippen molar-refractivity contribution in [3.05, 3.63) is 17.5 Å². The number of halogens is 1. The van der Waals surface area contributed by atoms with Gasteiger partial charge in [0, 0.05) is 12.1 Å². The minimum absolute atomic E-state index is 0.357. The summed E-state index contributed by atoms with van der Waals surface area (Å²) in [5.41, 5.74) is 0. The molecule has 0 amide bonds. The van der Waals surface area contributed by atoms with Crippen molar-refractivity contribution < 1.29 is 0 Å². The lowest BCUT2D eigenvalue weighted by Crippen LogP contribution is -2.16. The van der Waals surface area contributed by atoms with Gasteiger partial charge in [0.05, 0.1) is 0 Å². The van der Waals surface area contributed by atoms with Crippen molar-refractivity contribution >= 4 is 23.2 Å². The van der Waals surface area contributed by atoms with Gasteiger partial charge in [-0.3, -0.25) is 0 Å². The molecule has 2 aromatic rings. The van der Waals surface area contributed by atoms with Crippen molar-refractivity contribution in [3.63, 3.8) is 0 Å². The SMILES string of the molecule is CCC(C)Nc1cc(Cl)nc2ncnn12. The van der Waals surface area contributed by atoms with Crippen LogP contribution in [0.4, 0.5) is 5.82 Å². The second-order valence-corrected chi connectivity index (χ2v) is 3.78. The molecule has 1 atom stereocenters. The van der Waals surface area contributed by atoms with Crippen LogP contribution in [-0.4, -0.2) is 25.6 Å². The number of rotatable bonds is 3. The molecule has 1 N–H and O–H groups in total. The summed E-state index contributed by atoms with van der Waals surface area (Å²) in [6.45, 7) is 4.20. The first-order valence-corrected chi connectivity index (χ1v) is 5.21. The summed E-state index contributed by atoms with van der Waals surface area (Å²) >= 11 is 5.88. The number of nitrogens with one attached hydrogen (secondary N) is 1. The van der Waals surface area contributed by atoms with Crippen LogP contribution in [0.15, 0.2) is 12.4 Å². The van der Waals surface area contributed by atoms with Crippen LogP contribution in [0.1, 0.15) is 20.3 Å². The molecule has 0 spiro atoms. The summed E-state index contributed by atoms with van der Waals surface area (Å²) in [5, 5.41) is 7.78. The summed E-state index contributed by atoms with van der Waals surface area (Å²) in [5.74, 6) is 1.32. The number of nitrogens with zero attached hydrogens (tertiary/aromatic N) is 4. The van der Waals surface area contributed by atoms with Crippen LogP contribution in [0.25, 0.3) is 5.78 Å². The zero-order valence-electron chi connectivity index (χ0n) is 8.61. The molecular weight excluding hydrogens is 214 g/mol. The molecule has 0 fully saturated rings. The maximum atomic E-state index is 5.88. The van der Waals surface area contributed by atoms with E-state index >= 15 is 0 Å². The highest BCUT2D eigenvalue weighted by Gasteiger charge is 2.07. The molecule has 80 valence electrons. The molecule has 5 nitrogen and oxygen atoms in total. The summed E-state index contributed by atoms with van der Waals surface area (Å²) < 4.78 is 1.64. The zero-order valence-corrected chi connectivity index (χ0v) is 9.36. The van der Waals surface area contributed by atoms with Crippen LogP contribution >= 0.6 is 11.6 Å². The Balaban J connectivity index is 2.44. The Morgan fingerprint density at radius 2 is 2.40 bits per heavy atom. The van der Waals surface area contributed by atoms with Gasteiger partial charge in [-0.25, -0.2) is 0 Å². The fraction of sp³-hybridized carbons (Fsp3) is 0.444. The number of anilines is 1. The third kappa shape index (κ3) is 2.02. The van der Waals surface area contributed by atoms with Gasteiger partial charge in [0.2, 0.25) is 0 Å². The monoisotopic (exact) mass is 225 g/mol. The van der Waals surface area contributed by atoms with E-state index in [2.05, 4.69) is 34.2 Å². The van der Waals surface area contributed by atoms with E-state index < -0.39 is 0 Å². The van der Waals surface area contributed by atoms with Crippen LogP contribution in [0, 0.1) is 0 Å². The highest BCUT2D eigenvalue weighted by molar-refractivity contribution is 6.29. The number of aromatic nitrogens is 4. The molecule has 0 aromatic carbocycles. The highest BCUT2D eigenvalue weighted by atomic mass is 35.5. The summed E-state index contributed by atoms with van der Waals surface area (Å²) in [7, 11) is 0. The maximum absolute atomic E-state index is 5.88. The molecule has 6 heteroatoms. The first kappa shape index (κ1) is 10.2. The van der Waals surface area contributed by atoms with Crippen molar-refractivity contribution in [3.8, 4) is 0 Å². The van der Waals surface area contributed by atoms with E-state index in [4.69, 9.17) is 11.6 Å². The van der Waals surface area contributed by atoms with Crippen LogP contribution in [0.2, 0.25) is 5.15 Å². The summed E-state index contributed by atoms with van der Waals surface area (Å²) in [6.07, 6.45) is 2.48. The van der Waals surface area contributed by atoms with Crippen LogP contribution < -0.4 is 5.32 Å². The van der Waals surface area contributed by atoms with Gasteiger partial charge in [-0.15, -0.1) is 0 Å². The van der Waals surface area contributed by atoms with E-state index in [0.29, 0.717) is 17.0 Å². The predicted molar refractivity (Wildman–Crippen MR) is 59.2 cm³/mol. The smallest absolute Gasteiger partial charge is 0.255 e. The quantitative estimate of drug-likeness (QED) is 0.812. The number of hydrogen-bond acceptors (Lipinski definition) is 4. The van der Waals surface area contributed by atoms with Crippen molar-refractivity contribution in [2.75, 3.05) is 5.32 Å². The molecular formula is C9H12ClN5. The molecule has 15 heavy (non-hydrogen) atoms. The van der Waals surface area contributed by atoms with E-state index in [0.717, 1.165) is 12.2 Å². The summed E-state index contributed by atoms with van der Waals surface area (Å²) in [4.78, 5) is 8.03. The molecule has 0 saturated carbocycles. The first-order valence-electron chi connectivity index (χ1n) is 4.83. The molecule has 0 bridgehead atoms. The van der Waals surface area contributed by atoms with Gasteiger partial charge in [0.25, 0.3) is 5.78 Å². The molecule has 0 aliphatic rings. The van der Waals surface area contributed by atoms with Gasteiger partial charge in [0.1, 0.15) is 17.3 Å². The molecule has 0 aliphatic carbocycles. The van der Waals surface area contributed by atoms with Crippen LogP contribution in [0.3, 0.4) is 0 Å². The van der Waals surface area contributed by atoms with Crippen LogP contribution in [-0.2, 0) is 0 Å². The Bertz CT molecular complexity index is 466. The number of fused-ring (bicyclic) bond motifs is 1. The van der Waals surface area contributed by atoms with Crippen LogP contribution in [0.5, 0.6) is 0 Å². The Morgan fingerprint density at radius 3 is 3.13 bits per heavy atom. The Hall–Kier alpha value is -1.36. The first-order chi connectivity index (χ1) is 7.20. The number of hydrogen-bond donors (Lipinski definition) is 1. The van der Waals surface area contributed by atoms with E-state index in [1.807, 2.05) is 0 Å². The van der Waals surface area contributed by atoms with E-state index in [-0.39, 0.29) is 0 Å². The highest BCUT2D eigenvalue weighted by Crippen LogP contribution is 2.15. The van der Waals surface area contributed by atoms with E-state index in [1.165, 1.54) is 6.33 Å². The minimum atomic E-state index is 0.357. The molecule has 0 aliphatic heterocycles. The Morgan fingerprint density at radius 1 is 1.60 bits per heavy atom. The molecule has 0 saturated heterocycles. The third-order valence-corrected chi connectivity index (χ3v) is 2.42. The van der Waals surface area contributed by atoms with Gasteiger partial charge in [0.15, 0.2) is 0 Å². The molecule has 0 radical (unpaired) electrons. The van der Waals surface area contributed by atoms with Crippen molar-refractivity contribution in [2.45, 2.75) is 26.3 Å². The second-order valence-electron chi connectivity index (χ2n) is 3.39. The van der Waals surface area contributed by atoms with Gasteiger partial charge >= 0.3 is 0 Å². The average molecular weight is 226 g/mol. The van der Waals surface area contributed by atoms with Gasteiger partial charge in [-0.2, -0.15) is 19.6 Å². The van der Waals surface area contributed by atoms with E-state index in [1.54, 1.807) is 10.6 Å². The average Bonchev–Trinajstić information content (AvgIpc) is 2.65. The minimum Gasteiger partial charge on any atom is -0.367 e. The molecule has 1 unspecified atom stereocenters. The maximum Gasteiger partial charge on any atom is 0.255 e. The summed E-state index contributed by atoms with van der Waals surface area (Å²) in [6, 6.07) is 2.10. The van der Waals surface area contributed by atoms with E-state index in [9.17, 15) is 0 Å². The zero-order chi connectivity index (χ0) is 10.8. The van der Waals surface area contributed by atoms with Crippen molar-refractivity contribution in [2.24, 2.45) is 0 Å². The standard InChI is InChI=1S/C9H12ClN5/c1-3-6(2)13-8-4-7(10)14-9-11-5-12-15(8)9/h4-6,13H,3H2,1-2H3. The molecule has 2 heterocycles. The van der Waals surface area contributed by atoms with Gasteiger partial charge in [-0.1, -0.05) is 18.5 Å². The predicted octanol–water partition coefficient (Wildman–Crippen LogP) is 1.99. The topological polar surface area (TPSA) is 55.1 Å². The lowest BCUT2D eigenvalue weighted by molar-refractivity contribution is 0.748.